The maximum Gasteiger partial charge on any atom is 0.255 e. The maximum absolute atomic E-state index is 13.0. The molecule has 3 heterocycles. The average molecular weight is 382 g/mol. The Labute approximate surface area is 164 Å². The van der Waals surface area contributed by atoms with Crippen molar-refractivity contribution < 1.29 is 14.4 Å². The zero-order chi connectivity index (χ0) is 19.5. The fraction of sp³-hybridized carbons (Fsp3) is 0.571. The number of carbonyl (C=O) groups excluding carboxylic acids is 3. The summed E-state index contributed by atoms with van der Waals surface area (Å²) in [5, 5.41) is 2.35. The third kappa shape index (κ3) is 2.68. The monoisotopic (exact) mass is 382 g/mol. The number of amides is 3. The number of benzene rings is 1. The van der Waals surface area contributed by atoms with Crippen LogP contribution in [0.3, 0.4) is 0 Å². The van der Waals surface area contributed by atoms with Gasteiger partial charge in [0.15, 0.2) is 0 Å². The van der Waals surface area contributed by atoms with Gasteiger partial charge < -0.3 is 10.6 Å². The number of rotatable bonds is 4. The summed E-state index contributed by atoms with van der Waals surface area (Å²) in [6.07, 6.45) is 4.31. The van der Waals surface area contributed by atoms with Gasteiger partial charge in [0, 0.05) is 37.2 Å². The van der Waals surface area contributed by atoms with Crippen LogP contribution in [0.15, 0.2) is 18.2 Å². The number of nitrogens with zero attached hydrogens (tertiary/aromatic N) is 2. The summed E-state index contributed by atoms with van der Waals surface area (Å²) in [4.78, 5) is 40.6. The lowest BCUT2D eigenvalue weighted by Gasteiger charge is -2.62. The Morgan fingerprint density at radius 1 is 1.21 bits per heavy atom. The van der Waals surface area contributed by atoms with Gasteiger partial charge in [0.2, 0.25) is 11.8 Å². The first-order chi connectivity index (χ1) is 13.5. The van der Waals surface area contributed by atoms with Crippen LogP contribution in [-0.4, -0.2) is 52.2 Å². The van der Waals surface area contributed by atoms with Gasteiger partial charge in [-0.2, -0.15) is 0 Å². The Bertz CT molecular complexity index is 861. The van der Waals surface area contributed by atoms with Crippen LogP contribution in [0.25, 0.3) is 0 Å². The number of piperidine rings is 1. The number of fused-ring (bicyclic) bond motifs is 1. The fourth-order valence-electron chi connectivity index (χ4n) is 5.40. The highest BCUT2D eigenvalue weighted by Gasteiger charge is 2.53. The summed E-state index contributed by atoms with van der Waals surface area (Å²) in [6.45, 7) is 3.17. The highest BCUT2D eigenvalue weighted by Crippen LogP contribution is 2.50. The molecule has 7 heteroatoms. The van der Waals surface area contributed by atoms with Crippen molar-refractivity contribution >= 4 is 17.7 Å². The van der Waals surface area contributed by atoms with Gasteiger partial charge in [0.05, 0.1) is 0 Å². The largest absolute Gasteiger partial charge is 0.330 e. The van der Waals surface area contributed by atoms with Crippen molar-refractivity contribution in [3.8, 4) is 0 Å². The smallest absolute Gasteiger partial charge is 0.255 e. The van der Waals surface area contributed by atoms with E-state index in [9.17, 15) is 14.4 Å². The maximum atomic E-state index is 13.0. The van der Waals surface area contributed by atoms with Gasteiger partial charge in [-0.3, -0.25) is 24.6 Å². The van der Waals surface area contributed by atoms with Crippen molar-refractivity contribution in [2.45, 2.75) is 56.8 Å². The molecule has 1 saturated carbocycles. The molecule has 0 aromatic heterocycles. The lowest BCUT2D eigenvalue weighted by atomic mass is 9.61. The van der Waals surface area contributed by atoms with Crippen LogP contribution < -0.4 is 11.1 Å². The number of hydrogen-bond donors (Lipinski definition) is 2. The molecule has 28 heavy (non-hydrogen) atoms. The third-order valence-electron chi connectivity index (χ3n) is 7.15. The van der Waals surface area contributed by atoms with Gasteiger partial charge in [-0.25, -0.2) is 0 Å². The van der Waals surface area contributed by atoms with Crippen molar-refractivity contribution in [1.29, 1.82) is 0 Å². The highest BCUT2D eigenvalue weighted by atomic mass is 16.2. The summed E-state index contributed by atoms with van der Waals surface area (Å²) >= 11 is 0. The number of carbonyl (C=O) groups is 3. The Hall–Kier alpha value is -2.25. The minimum Gasteiger partial charge on any atom is -0.330 e. The molecule has 1 spiro atoms. The molecule has 0 bridgehead atoms. The second kappa shape index (κ2) is 6.39. The predicted molar refractivity (Wildman–Crippen MR) is 102 cm³/mol. The molecule has 0 radical (unpaired) electrons. The summed E-state index contributed by atoms with van der Waals surface area (Å²) in [7, 11) is 0. The molecule has 1 aromatic carbocycles. The normalized spacial score (nSPS) is 32.2. The van der Waals surface area contributed by atoms with E-state index in [-0.39, 0.29) is 24.1 Å². The number of likely N-dealkylation sites (tertiary alicyclic amines) is 1. The molecule has 3 amide bonds. The summed E-state index contributed by atoms with van der Waals surface area (Å²) in [6, 6.07) is 5.56. The van der Waals surface area contributed by atoms with E-state index in [1.54, 1.807) is 4.90 Å². The van der Waals surface area contributed by atoms with E-state index < -0.39 is 6.04 Å². The molecule has 1 aromatic rings. The minimum absolute atomic E-state index is 0.100. The van der Waals surface area contributed by atoms with Crippen molar-refractivity contribution in [3.05, 3.63) is 34.9 Å². The first-order valence-electron chi connectivity index (χ1n) is 10.2. The molecule has 2 saturated heterocycles. The molecular formula is C21H26N4O3. The molecule has 3 aliphatic heterocycles. The van der Waals surface area contributed by atoms with Gasteiger partial charge in [0.1, 0.15) is 6.04 Å². The predicted octanol–water partition coefficient (Wildman–Crippen LogP) is 0.761. The third-order valence-corrected chi connectivity index (χ3v) is 7.15. The quantitative estimate of drug-likeness (QED) is 0.750. The van der Waals surface area contributed by atoms with E-state index in [2.05, 4.69) is 16.3 Å². The molecule has 1 unspecified atom stereocenters. The molecule has 1 aliphatic carbocycles. The minimum atomic E-state index is -0.553. The van der Waals surface area contributed by atoms with Gasteiger partial charge in [-0.15, -0.1) is 0 Å². The van der Waals surface area contributed by atoms with Crippen LogP contribution in [0.5, 0.6) is 0 Å². The number of imide groups is 1. The Morgan fingerprint density at radius 3 is 2.71 bits per heavy atom. The Balaban J connectivity index is 1.29. The lowest BCUT2D eigenvalue weighted by Crippen LogP contribution is -2.66. The summed E-state index contributed by atoms with van der Waals surface area (Å²) in [5.41, 5.74) is 8.94. The molecule has 5 rings (SSSR count). The molecule has 3 fully saturated rings. The van der Waals surface area contributed by atoms with Crippen LogP contribution in [-0.2, 0) is 22.7 Å². The highest BCUT2D eigenvalue weighted by molar-refractivity contribution is 6.05. The van der Waals surface area contributed by atoms with Crippen LogP contribution in [0.1, 0.15) is 53.6 Å². The second-order valence-electron chi connectivity index (χ2n) is 8.80. The van der Waals surface area contributed by atoms with Gasteiger partial charge in [-0.1, -0.05) is 12.1 Å². The summed E-state index contributed by atoms with van der Waals surface area (Å²) in [5.74, 6) is -0.0633. The van der Waals surface area contributed by atoms with E-state index in [1.807, 2.05) is 12.1 Å². The molecule has 1 atom stereocenters. The first kappa shape index (κ1) is 17.8. The number of nitrogens with two attached hydrogens (primary N) is 1. The standard InChI is InChI=1S/C21H26N4O3/c22-10-14-8-21(9-14)5-6-24(21)11-13-1-2-15-12-25(20(28)16(15)7-13)17-3-4-18(26)23-19(17)27/h1-2,7,14,17H,3-6,8-12,22H2,(H,23,26,27). The van der Waals surface area contributed by atoms with E-state index in [4.69, 9.17) is 5.73 Å². The Kier molecular flexibility index (Phi) is 4.07. The fourth-order valence-corrected chi connectivity index (χ4v) is 5.40. The van der Waals surface area contributed by atoms with Crippen molar-refractivity contribution in [2.75, 3.05) is 13.1 Å². The average Bonchev–Trinajstić information content (AvgIpc) is 2.94. The van der Waals surface area contributed by atoms with Crippen molar-refractivity contribution in [1.82, 2.24) is 15.1 Å². The van der Waals surface area contributed by atoms with Crippen LogP contribution in [0.4, 0.5) is 0 Å². The Morgan fingerprint density at radius 2 is 2.04 bits per heavy atom. The molecule has 7 nitrogen and oxygen atoms in total. The molecule has 4 aliphatic rings. The second-order valence-corrected chi connectivity index (χ2v) is 8.80. The molecular weight excluding hydrogens is 356 g/mol. The topological polar surface area (TPSA) is 95.7 Å². The number of hydrogen-bond acceptors (Lipinski definition) is 5. The lowest BCUT2D eigenvalue weighted by molar-refractivity contribution is -0.136. The van der Waals surface area contributed by atoms with E-state index >= 15 is 0 Å². The van der Waals surface area contributed by atoms with E-state index in [0.29, 0.717) is 30.0 Å². The van der Waals surface area contributed by atoms with Crippen LogP contribution >= 0.6 is 0 Å². The SMILES string of the molecule is NCC1CC2(CCN2Cc2ccc3c(c2)C(=O)N(C2CCC(=O)NC2=O)C3)C1. The van der Waals surface area contributed by atoms with Crippen molar-refractivity contribution in [3.63, 3.8) is 0 Å². The van der Waals surface area contributed by atoms with Crippen LogP contribution in [0.2, 0.25) is 0 Å². The first-order valence-corrected chi connectivity index (χ1v) is 10.2. The zero-order valence-corrected chi connectivity index (χ0v) is 15.9. The van der Waals surface area contributed by atoms with Gasteiger partial charge in [0.25, 0.3) is 5.91 Å². The molecule has 3 N–H and O–H groups in total. The van der Waals surface area contributed by atoms with Gasteiger partial charge >= 0.3 is 0 Å². The number of nitrogens with one attached hydrogen (secondary N) is 1. The van der Waals surface area contributed by atoms with E-state index in [1.165, 1.54) is 19.3 Å². The van der Waals surface area contributed by atoms with E-state index in [0.717, 1.165) is 30.8 Å². The zero-order valence-electron chi connectivity index (χ0n) is 15.9. The summed E-state index contributed by atoms with van der Waals surface area (Å²) < 4.78 is 0. The van der Waals surface area contributed by atoms with Crippen molar-refractivity contribution in [2.24, 2.45) is 11.7 Å². The molecule has 148 valence electrons. The van der Waals surface area contributed by atoms with Crippen LogP contribution in [0, 0.1) is 5.92 Å². The van der Waals surface area contributed by atoms with Gasteiger partial charge in [-0.05, 0) is 55.3 Å².